The van der Waals surface area contributed by atoms with Crippen molar-refractivity contribution < 1.29 is 27.9 Å². The number of halogens is 1. The minimum Gasteiger partial charge on any atom is -0.459 e. The van der Waals surface area contributed by atoms with Crippen molar-refractivity contribution in [2.24, 2.45) is 0 Å². The first-order valence-electron chi connectivity index (χ1n) is 11.8. The molecule has 2 aliphatic rings. The van der Waals surface area contributed by atoms with Crippen LogP contribution in [0, 0.1) is 5.82 Å². The van der Waals surface area contributed by atoms with Crippen LogP contribution in [0.1, 0.15) is 39.3 Å². The van der Waals surface area contributed by atoms with Gasteiger partial charge in [0.15, 0.2) is 5.76 Å². The highest BCUT2D eigenvalue weighted by atomic mass is 19.1. The number of nitrogens with one attached hydrogen (secondary N) is 1. The normalized spacial score (nSPS) is 18.9. The first kappa shape index (κ1) is 23.7. The number of carbonyl (C=O) groups excluding carboxylic acids is 3. The van der Waals surface area contributed by atoms with E-state index in [4.69, 9.17) is 9.15 Å². The van der Waals surface area contributed by atoms with Gasteiger partial charge in [-0.1, -0.05) is 42.5 Å². The van der Waals surface area contributed by atoms with Gasteiger partial charge in [-0.25, -0.2) is 4.39 Å². The number of ether oxygens (including phenoxy) is 1. The van der Waals surface area contributed by atoms with Crippen LogP contribution in [-0.2, 0) is 16.1 Å². The lowest BCUT2D eigenvalue weighted by molar-refractivity contribution is -0.128. The average Bonchev–Trinajstić information content (AvgIpc) is 3.57. The van der Waals surface area contributed by atoms with Gasteiger partial charge in [0.1, 0.15) is 17.6 Å². The Kier molecular flexibility index (Phi) is 6.56. The van der Waals surface area contributed by atoms with Crippen LogP contribution in [0.3, 0.4) is 0 Å². The SMILES string of the molecule is O=C(NCc1ccccc1)[C@H]1COC2(CCN(C(=O)c3ccccc3F)CC2)N1C(=O)c1ccco1. The van der Waals surface area contributed by atoms with Crippen LogP contribution in [0.5, 0.6) is 0 Å². The van der Waals surface area contributed by atoms with Crippen LogP contribution in [0.15, 0.2) is 77.4 Å². The summed E-state index contributed by atoms with van der Waals surface area (Å²) in [5.41, 5.74) is -0.143. The molecule has 2 aliphatic heterocycles. The van der Waals surface area contributed by atoms with Gasteiger partial charge in [-0.2, -0.15) is 0 Å². The monoisotopic (exact) mass is 491 g/mol. The standard InChI is InChI=1S/C27H26FN3O5/c28-21-10-5-4-9-20(21)25(33)30-14-12-27(13-15-30)31(26(34)23-11-6-16-35-23)22(18-36-27)24(32)29-17-19-7-2-1-3-8-19/h1-11,16,22H,12-15,17-18H2,(H,29,32)/t22-/m1/s1. The number of hydrogen-bond donors (Lipinski definition) is 1. The fourth-order valence-corrected chi connectivity index (χ4v) is 4.85. The molecule has 3 aromatic rings. The first-order chi connectivity index (χ1) is 17.5. The summed E-state index contributed by atoms with van der Waals surface area (Å²) < 4.78 is 25.7. The lowest BCUT2D eigenvalue weighted by atomic mass is 9.96. The molecule has 1 aromatic heterocycles. The van der Waals surface area contributed by atoms with Gasteiger partial charge in [-0.15, -0.1) is 0 Å². The number of likely N-dealkylation sites (tertiary alicyclic amines) is 1. The van der Waals surface area contributed by atoms with E-state index >= 15 is 0 Å². The highest BCUT2D eigenvalue weighted by molar-refractivity contribution is 5.97. The van der Waals surface area contributed by atoms with Crippen LogP contribution in [0.25, 0.3) is 0 Å². The van der Waals surface area contributed by atoms with Crippen molar-refractivity contribution >= 4 is 17.7 Å². The van der Waals surface area contributed by atoms with Gasteiger partial charge in [0, 0.05) is 32.5 Å². The quantitative estimate of drug-likeness (QED) is 0.592. The molecule has 9 heteroatoms. The van der Waals surface area contributed by atoms with Gasteiger partial charge in [0.25, 0.3) is 11.8 Å². The van der Waals surface area contributed by atoms with E-state index in [9.17, 15) is 18.8 Å². The highest BCUT2D eigenvalue weighted by Crippen LogP contribution is 2.39. The number of hydrogen-bond acceptors (Lipinski definition) is 5. The zero-order valence-corrected chi connectivity index (χ0v) is 19.6. The Bertz CT molecular complexity index is 1240. The van der Waals surface area contributed by atoms with E-state index in [0.29, 0.717) is 6.54 Å². The molecule has 0 unspecified atom stereocenters. The summed E-state index contributed by atoms with van der Waals surface area (Å²) in [6.45, 7) is 0.826. The third-order valence-corrected chi connectivity index (χ3v) is 6.76. The molecule has 2 saturated heterocycles. The van der Waals surface area contributed by atoms with Gasteiger partial charge in [0.05, 0.1) is 18.4 Å². The third-order valence-electron chi connectivity index (χ3n) is 6.76. The van der Waals surface area contributed by atoms with Crippen LogP contribution in [0.4, 0.5) is 4.39 Å². The Labute approximate surface area is 207 Å². The minimum atomic E-state index is -1.08. The topological polar surface area (TPSA) is 92.1 Å². The van der Waals surface area contributed by atoms with E-state index in [0.717, 1.165) is 5.56 Å². The van der Waals surface area contributed by atoms with Gasteiger partial charge in [-0.3, -0.25) is 19.3 Å². The van der Waals surface area contributed by atoms with Crippen molar-refractivity contribution in [3.63, 3.8) is 0 Å². The Balaban J connectivity index is 1.34. The summed E-state index contributed by atoms with van der Waals surface area (Å²) >= 11 is 0. The molecule has 8 nitrogen and oxygen atoms in total. The van der Waals surface area contributed by atoms with Crippen molar-refractivity contribution in [2.75, 3.05) is 19.7 Å². The number of nitrogens with zero attached hydrogens (tertiary/aromatic N) is 2. The molecule has 186 valence electrons. The second kappa shape index (κ2) is 9.94. The summed E-state index contributed by atoms with van der Waals surface area (Å²) in [6, 6.07) is 17.6. The third kappa shape index (κ3) is 4.49. The van der Waals surface area contributed by atoms with Gasteiger partial charge in [0.2, 0.25) is 5.91 Å². The van der Waals surface area contributed by atoms with E-state index in [2.05, 4.69) is 5.32 Å². The summed E-state index contributed by atoms with van der Waals surface area (Å²) in [4.78, 5) is 42.6. The second-order valence-corrected chi connectivity index (χ2v) is 8.90. The predicted molar refractivity (Wildman–Crippen MR) is 127 cm³/mol. The number of amides is 3. The van der Waals surface area contributed by atoms with Crippen molar-refractivity contribution in [3.8, 4) is 0 Å². The molecule has 3 heterocycles. The molecule has 5 rings (SSSR count). The Morgan fingerprint density at radius 1 is 0.944 bits per heavy atom. The van der Waals surface area contributed by atoms with Crippen LogP contribution in [0.2, 0.25) is 0 Å². The first-order valence-corrected chi connectivity index (χ1v) is 11.8. The Morgan fingerprint density at radius 3 is 2.36 bits per heavy atom. The van der Waals surface area contributed by atoms with Crippen molar-refractivity contribution in [3.05, 3.63) is 95.7 Å². The molecule has 0 bridgehead atoms. The maximum atomic E-state index is 14.2. The molecule has 1 N–H and O–H groups in total. The fraction of sp³-hybridized carbons (Fsp3) is 0.296. The summed E-state index contributed by atoms with van der Waals surface area (Å²) in [5, 5.41) is 2.90. The molecule has 36 heavy (non-hydrogen) atoms. The lowest BCUT2D eigenvalue weighted by Crippen LogP contribution is -2.59. The fourth-order valence-electron chi connectivity index (χ4n) is 4.85. The van der Waals surface area contributed by atoms with Gasteiger partial charge >= 0.3 is 0 Å². The van der Waals surface area contributed by atoms with Gasteiger partial charge in [-0.05, 0) is 29.8 Å². The molecule has 0 saturated carbocycles. The van der Waals surface area contributed by atoms with E-state index < -0.39 is 29.4 Å². The number of furan rings is 1. The number of piperidine rings is 1. The van der Waals surface area contributed by atoms with Crippen LogP contribution < -0.4 is 5.32 Å². The van der Waals surface area contributed by atoms with E-state index in [1.807, 2.05) is 30.3 Å². The Hall–Kier alpha value is -3.98. The maximum absolute atomic E-state index is 14.2. The molecule has 1 atom stereocenters. The minimum absolute atomic E-state index is 0.00229. The molecule has 0 radical (unpaired) electrons. The highest BCUT2D eigenvalue weighted by Gasteiger charge is 2.54. The molecule has 2 fully saturated rings. The molecule has 0 aliphatic carbocycles. The number of benzene rings is 2. The maximum Gasteiger partial charge on any atom is 0.292 e. The molecular formula is C27H26FN3O5. The zero-order chi connectivity index (χ0) is 25.1. The van der Waals surface area contributed by atoms with Crippen molar-refractivity contribution in [1.82, 2.24) is 15.1 Å². The van der Waals surface area contributed by atoms with E-state index in [1.165, 1.54) is 29.4 Å². The van der Waals surface area contributed by atoms with Crippen molar-refractivity contribution in [1.29, 1.82) is 0 Å². The molecule has 1 spiro atoms. The van der Waals surface area contributed by atoms with Gasteiger partial charge < -0.3 is 19.4 Å². The summed E-state index contributed by atoms with van der Waals surface area (Å²) in [5.74, 6) is -1.68. The average molecular weight is 492 g/mol. The van der Waals surface area contributed by atoms with E-state index in [1.54, 1.807) is 23.1 Å². The largest absolute Gasteiger partial charge is 0.459 e. The summed E-state index contributed by atoms with van der Waals surface area (Å²) in [6.07, 6.45) is 1.96. The second-order valence-electron chi connectivity index (χ2n) is 8.90. The zero-order valence-electron chi connectivity index (χ0n) is 19.6. The molecule has 2 aromatic carbocycles. The predicted octanol–water partition coefficient (Wildman–Crippen LogP) is 3.21. The number of carbonyl (C=O) groups is 3. The van der Waals surface area contributed by atoms with E-state index in [-0.39, 0.29) is 49.8 Å². The van der Waals surface area contributed by atoms with Crippen LogP contribution in [-0.4, -0.2) is 59.0 Å². The molecular weight excluding hydrogens is 465 g/mol. The molecule has 3 amide bonds. The van der Waals surface area contributed by atoms with Crippen molar-refractivity contribution in [2.45, 2.75) is 31.2 Å². The Morgan fingerprint density at radius 2 is 1.67 bits per heavy atom. The summed E-state index contributed by atoms with van der Waals surface area (Å²) in [7, 11) is 0. The van der Waals surface area contributed by atoms with Crippen LogP contribution >= 0.6 is 0 Å². The number of rotatable bonds is 5. The lowest BCUT2D eigenvalue weighted by Gasteiger charge is -2.44. The smallest absolute Gasteiger partial charge is 0.292 e.